The van der Waals surface area contributed by atoms with E-state index in [4.69, 9.17) is 4.74 Å². The predicted octanol–water partition coefficient (Wildman–Crippen LogP) is 2.56. The lowest BCUT2D eigenvalue weighted by molar-refractivity contribution is 0.0897. The van der Waals surface area contributed by atoms with Gasteiger partial charge in [-0.15, -0.1) is 0 Å². The molecular weight excluding hydrogens is 370 g/mol. The number of aromatic nitrogens is 3. The Bertz CT molecular complexity index is 1190. The SMILES string of the molecule is C[C@@H]1CCCN2c3cc(ccc3C(=O)NC2(C)C)-n2c(=O)[nH]c3nccc(c32)O1. The lowest BCUT2D eigenvalue weighted by Gasteiger charge is -2.45. The van der Waals surface area contributed by atoms with Crippen LogP contribution in [-0.2, 0) is 0 Å². The molecule has 1 aromatic carbocycles. The molecule has 2 aliphatic rings. The largest absolute Gasteiger partial charge is 0.488 e. The van der Waals surface area contributed by atoms with Crippen LogP contribution >= 0.6 is 0 Å². The number of amides is 1. The second-order valence-electron chi connectivity index (χ2n) is 8.21. The standard InChI is InChI=1S/C21H23N5O3/c1-12-5-4-10-25-15-11-13(6-7-14(15)19(27)24-21(25,2)3)26-17-16(29-12)8-9-22-18(17)23-20(26)28/h6-9,11-12H,4-5,10H2,1-3H3,(H,24,27)(H,22,23,28)/t12-/m1/s1. The third kappa shape index (κ3) is 2.70. The van der Waals surface area contributed by atoms with Gasteiger partial charge >= 0.3 is 5.69 Å². The summed E-state index contributed by atoms with van der Waals surface area (Å²) in [5.41, 5.74) is 2.37. The van der Waals surface area contributed by atoms with Crippen molar-refractivity contribution in [2.75, 3.05) is 11.4 Å². The van der Waals surface area contributed by atoms with Gasteiger partial charge in [0.25, 0.3) is 5.91 Å². The zero-order chi connectivity index (χ0) is 20.3. The second kappa shape index (κ2) is 6.10. The third-order valence-corrected chi connectivity index (χ3v) is 5.73. The molecule has 2 aliphatic heterocycles. The molecule has 1 atom stereocenters. The molecule has 0 saturated carbocycles. The zero-order valence-electron chi connectivity index (χ0n) is 16.7. The summed E-state index contributed by atoms with van der Waals surface area (Å²) >= 11 is 0. The number of pyridine rings is 1. The van der Waals surface area contributed by atoms with E-state index in [0.717, 1.165) is 25.1 Å². The van der Waals surface area contributed by atoms with Crippen molar-refractivity contribution < 1.29 is 9.53 Å². The molecule has 5 rings (SSSR count). The molecule has 0 aliphatic carbocycles. The minimum Gasteiger partial charge on any atom is -0.488 e. The van der Waals surface area contributed by atoms with Gasteiger partial charge in [0.1, 0.15) is 16.9 Å². The van der Waals surface area contributed by atoms with E-state index >= 15 is 0 Å². The lowest BCUT2D eigenvalue weighted by atomic mass is 10.00. The minimum absolute atomic E-state index is 0.0289. The molecular formula is C21H23N5O3. The van der Waals surface area contributed by atoms with Gasteiger partial charge in [0.2, 0.25) is 0 Å². The van der Waals surface area contributed by atoms with E-state index in [1.165, 1.54) is 0 Å². The molecule has 3 aromatic rings. The molecule has 0 fully saturated rings. The predicted molar refractivity (Wildman–Crippen MR) is 110 cm³/mol. The van der Waals surface area contributed by atoms with Crippen molar-refractivity contribution >= 4 is 22.8 Å². The number of fused-ring (bicyclic) bond motifs is 2. The van der Waals surface area contributed by atoms with Gasteiger partial charge in [-0.2, -0.15) is 0 Å². The highest BCUT2D eigenvalue weighted by atomic mass is 16.5. The average Bonchev–Trinajstić information content (AvgIpc) is 2.99. The number of imidazole rings is 1. The van der Waals surface area contributed by atoms with Crippen LogP contribution in [0.4, 0.5) is 5.69 Å². The number of nitrogens with one attached hydrogen (secondary N) is 2. The Morgan fingerprint density at radius 1 is 1.24 bits per heavy atom. The highest BCUT2D eigenvalue weighted by Crippen LogP contribution is 2.35. The molecule has 8 nitrogen and oxygen atoms in total. The number of hydrogen-bond donors (Lipinski definition) is 2. The number of hydrogen-bond acceptors (Lipinski definition) is 5. The molecule has 0 unspecified atom stereocenters. The van der Waals surface area contributed by atoms with E-state index in [1.54, 1.807) is 29.0 Å². The minimum atomic E-state index is -0.533. The normalized spacial score (nSPS) is 20.4. The van der Waals surface area contributed by atoms with Gasteiger partial charge in [-0.05, 0) is 51.8 Å². The molecule has 29 heavy (non-hydrogen) atoms. The summed E-state index contributed by atoms with van der Waals surface area (Å²) in [6.07, 6.45) is 3.35. The van der Waals surface area contributed by atoms with Gasteiger partial charge in [0, 0.05) is 18.8 Å². The van der Waals surface area contributed by atoms with Gasteiger partial charge in [0.05, 0.1) is 23.0 Å². The van der Waals surface area contributed by atoms with E-state index in [9.17, 15) is 9.59 Å². The number of carbonyl (C=O) groups is 1. The van der Waals surface area contributed by atoms with Crippen LogP contribution in [0.25, 0.3) is 16.9 Å². The summed E-state index contributed by atoms with van der Waals surface area (Å²) in [6.45, 7) is 6.78. The fourth-order valence-electron chi connectivity index (χ4n) is 4.34. The van der Waals surface area contributed by atoms with Crippen LogP contribution in [0.1, 0.15) is 44.0 Å². The number of carbonyl (C=O) groups excluding carboxylic acids is 1. The van der Waals surface area contributed by atoms with Gasteiger partial charge in [-0.25, -0.2) is 9.78 Å². The molecule has 0 spiro atoms. The number of aromatic amines is 1. The van der Waals surface area contributed by atoms with Crippen molar-refractivity contribution in [3.05, 3.63) is 46.5 Å². The number of ether oxygens (including phenoxy) is 1. The molecule has 2 bridgehead atoms. The topological polar surface area (TPSA) is 92.2 Å². The van der Waals surface area contributed by atoms with Crippen molar-refractivity contribution in [3.8, 4) is 11.4 Å². The number of anilines is 1. The van der Waals surface area contributed by atoms with Gasteiger partial charge in [-0.3, -0.25) is 14.3 Å². The Balaban J connectivity index is 1.82. The Hall–Kier alpha value is -3.29. The maximum absolute atomic E-state index is 12.8. The Labute approximate surface area is 167 Å². The van der Waals surface area contributed by atoms with Crippen molar-refractivity contribution in [3.63, 3.8) is 0 Å². The highest BCUT2D eigenvalue weighted by Gasteiger charge is 2.37. The molecule has 8 heteroatoms. The fourth-order valence-corrected chi connectivity index (χ4v) is 4.34. The smallest absolute Gasteiger partial charge is 0.332 e. The van der Waals surface area contributed by atoms with E-state index in [0.29, 0.717) is 28.2 Å². The summed E-state index contributed by atoms with van der Waals surface area (Å²) in [5, 5.41) is 3.08. The fraction of sp³-hybridized carbons (Fsp3) is 0.381. The first kappa shape index (κ1) is 17.8. The average molecular weight is 393 g/mol. The summed E-state index contributed by atoms with van der Waals surface area (Å²) < 4.78 is 7.77. The van der Waals surface area contributed by atoms with Crippen LogP contribution in [-0.4, -0.2) is 38.8 Å². The Morgan fingerprint density at radius 3 is 2.90 bits per heavy atom. The lowest BCUT2D eigenvalue weighted by Crippen LogP contribution is -2.60. The number of nitrogens with zero attached hydrogens (tertiary/aromatic N) is 3. The van der Waals surface area contributed by atoms with E-state index < -0.39 is 5.66 Å². The van der Waals surface area contributed by atoms with Crippen molar-refractivity contribution in [2.45, 2.75) is 45.4 Å². The molecule has 0 radical (unpaired) electrons. The zero-order valence-corrected chi connectivity index (χ0v) is 16.7. The molecule has 1 amide bonds. The second-order valence-corrected chi connectivity index (χ2v) is 8.21. The van der Waals surface area contributed by atoms with Crippen LogP contribution in [0.15, 0.2) is 35.3 Å². The van der Waals surface area contributed by atoms with Crippen LogP contribution in [0.5, 0.6) is 5.75 Å². The number of rotatable bonds is 0. The quantitative estimate of drug-likeness (QED) is 0.612. The maximum atomic E-state index is 12.8. The molecule has 2 aromatic heterocycles. The van der Waals surface area contributed by atoms with Gasteiger partial charge in [-0.1, -0.05) is 0 Å². The number of benzene rings is 1. The molecule has 150 valence electrons. The van der Waals surface area contributed by atoms with Crippen molar-refractivity contribution in [2.24, 2.45) is 0 Å². The summed E-state index contributed by atoms with van der Waals surface area (Å²) in [6, 6.07) is 7.26. The first-order valence-electron chi connectivity index (χ1n) is 9.86. The summed E-state index contributed by atoms with van der Waals surface area (Å²) in [5.74, 6) is 0.513. The first-order chi connectivity index (χ1) is 13.8. The van der Waals surface area contributed by atoms with E-state index in [1.807, 2.05) is 26.8 Å². The summed E-state index contributed by atoms with van der Waals surface area (Å²) in [4.78, 5) is 34.8. The Kier molecular flexibility index (Phi) is 3.74. The van der Waals surface area contributed by atoms with Crippen molar-refractivity contribution in [1.29, 1.82) is 0 Å². The Morgan fingerprint density at radius 2 is 2.07 bits per heavy atom. The molecule has 0 saturated heterocycles. The van der Waals surface area contributed by atoms with Crippen LogP contribution in [0, 0.1) is 0 Å². The van der Waals surface area contributed by atoms with Crippen molar-refractivity contribution in [1.82, 2.24) is 19.9 Å². The van der Waals surface area contributed by atoms with Crippen LogP contribution < -0.4 is 20.6 Å². The van der Waals surface area contributed by atoms with Crippen LogP contribution in [0.3, 0.4) is 0 Å². The number of H-pyrrole nitrogens is 1. The molecule has 4 heterocycles. The third-order valence-electron chi connectivity index (χ3n) is 5.73. The van der Waals surface area contributed by atoms with Gasteiger partial charge in [0.15, 0.2) is 5.65 Å². The van der Waals surface area contributed by atoms with E-state index in [2.05, 4.69) is 20.2 Å². The highest BCUT2D eigenvalue weighted by molar-refractivity contribution is 6.03. The molecule has 2 N–H and O–H groups in total. The monoisotopic (exact) mass is 393 g/mol. The van der Waals surface area contributed by atoms with Gasteiger partial charge < -0.3 is 15.0 Å². The maximum Gasteiger partial charge on any atom is 0.332 e. The van der Waals surface area contributed by atoms with Crippen LogP contribution in [0.2, 0.25) is 0 Å². The van der Waals surface area contributed by atoms with E-state index in [-0.39, 0.29) is 17.7 Å². The summed E-state index contributed by atoms with van der Waals surface area (Å²) in [7, 11) is 0. The first-order valence-corrected chi connectivity index (χ1v) is 9.86.